The van der Waals surface area contributed by atoms with Crippen LogP contribution in [0.1, 0.15) is 38.5 Å². The molecule has 0 saturated heterocycles. The van der Waals surface area contributed by atoms with Crippen molar-refractivity contribution in [3.8, 4) is 0 Å². The lowest BCUT2D eigenvalue weighted by Crippen LogP contribution is -1.94. The number of allylic oxidation sites excluding steroid dienone is 2. The summed E-state index contributed by atoms with van der Waals surface area (Å²) in [4.78, 5) is 0. The van der Waals surface area contributed by atoms with Crippen LogP contribution in [0.3, 0.4) is 0 Å². The first-order valence-electron chi connectivity index (χ1n) is 4.27. The van der Waals surface area contributed by atoms with Gasteiger partial charge in [0.25, 0.3) is 0 Å². The Hall–Kier alpha value is 0.320. The summed E-state index contributed by atoms with van der Waals surface area (Å²) in [6.45, 7) is 0. The van der Waals surface area contributed by atoms with Crippen molar-refractivity contribution in [2.45, 2.75) is 38.5 Å². The van der Waals surface area contributed by atoms with E-state index in [1.165, 1.54) is 31.3 Å². The lowest BCUT2D eigenvalue weighted by atomic mass is 10.0. The molecule has 0 nitrogen and oxygen atoms in total. The highest BCUT2D eigenvalue weighted by Gasteiger charge is 2.06. The van der Waals surface area contributed by atoms with E-state index in [9.17, 15) is 0 Å². The van der Waals surface area contributed by atoms with Gasteiger partial charge in [0.05, 0.1) is 0 Å². The van der Waals surface area contributed by atoms with Crippen molar-refractivity contribution >= 4 is 23.2 Å². The summed E-state index contributed by atoms with van der Waals surface area (Å²) >= 11 is 11.8. The van der Waals surface area contributed by atoms with Crippen molar-refractivity contribution in [3.05, 3.63) is 10.6 Å². The number of rotatable bonds is 1. The van der Waals surface area contributed by atoms with Gasteiger partial charge in [-0.25, -0.2) is 0 Å². The van der Waals surface area contributed by atoms with Gasteiger partial charge in [-0.1, -0.05) is 24.4 Å². The maximum Gasteiger partial charge on any atom is 0.0447 e. The number of hydrogen-bond donors (Lipinski definition) is 0. The Labute approximate surface area is 78.6 Å². The SMILES string of the molecule is ClCC1=C(Cl)CCCCCC1. The fourth-order valence-corrected chi connectivity index (χ4v) is 2.08. The lowest BCUT2D eigenvalue weighted by molar-refractivity contribution is 0.621. The molecule has 0 spiro atoms. The molecule has 1 aliphatic carbocycles. The van der Waals surface area contributed by atoms with Gasteiger partial charge in [0.1, 0.15) is 0 Å². The normalized spacial score (nSPS) is 21.3. The second kappa shape index (κ2) is 5.05. The number of alkyl halides is 1. The van der Waals surface area contributed by atoms with Crippen molar-refractivity contribution in [1.29, 1.82) is 0 Å². The Balaban J connectivity index is 2.56. The first-order chi connectivity index (χ1) is 5.34. The van der Waals surface area contributed by atoms with Crippen LogP contribution < -0.4 is 0 Å². The van der Waals surface area contributed by atoms with Gasteiger partial charge in [0, 0.05) is 10.9 Å². The first-order valence-corrected chi connectivity index (χ1v) is 5.18. The van der Waals surface area contributed by atoms with Crippen molar-refractivity contribution in [2.75, 3.05) is 5.88 Å². The van der Waals surface area contributed by atoms with Crippen LogP contribution in [0.5, 0.6) is 0 Å². The molecule has 0 amide bonds. The van der Waals surface area contributed by atoms with Crippen molar-refractivity contribution in [2.24, 2.45) is 0 Å². The molecule has 0 radical (unpaired) electrons. The predicted octanol–water partition coefficient (Wildman–Crippen LogP) is 4.07. The van der Waals surface area contributed by atoms with Crippen LogP contribution >= 0.6 is 23.2 Å². The zero-order valence-electron chi connectivity index (χ0n) is 6.71. The minimum atomic E-state index is 0.624. The summed E-state index contributed by atoms with van der Waals surface area (Å²) in [5.74, 6) is 0.624. The van der Waals surface area contributed by atoms with E-state index >= 15 is 0 Å². The fraction of sp³-hybridized carbons (Fsp3) is 0.778. The van der Waals surface area contributed by atoms with Crippen LogP contribution in [0.4, 0.5) is 0 Å². The van der Waals surface area contributed by atoms with Crippen LogP contribution in [-0.2, 0) is 0 Å². The molecule has 0 aromatic heterocycles. The number of halogens is 2. The lowest BCUT2D eigenvalue weighted by Gasteiger charge is -2.11. The maximum atomic E-state index is 6.05. The summed E-state index contributed by atoms with van der Waals surface area (Å²) in [5, 5.41) is 1.03. The molecule has 1 aliphatic rings. The van der Waals surface area contributed by atoms with E-state index in [-0.39, 0.29) is 0 Å². The van der Waals surface area contributed by atoms with E-state index in [0.717, 1.165) is 17.9 Å². The Bertz CT molecular complexity index is 150. The fourth-order valence-electron chi connectivity index (χ4n) is 1.42. The van der Waals surface area contributed by atoms with E-state index < -0.39 is 0 Å². The molecule has 0 fully saturated rings. The van der Waals surface area contributed by atoms with Crippen LogP contribution in [0, 0.1) is 0 Å². The molecule has 0 N–H and O–H groups in total. The van der Waals surface area contributed by atoms with Crippen molar-refractivity contribution in [1.82, 2.24) is 0 Å². The van der Waals surface area contributed by atoms with Gasteiger partial charge < -0.3 is 0 Å². The van der Waals surface area contributed by atoms with Gasteiger partial charge in [-0.2, -0.15) is 0 Å². The summed E-state index contributed by atoms with van der Waals surface area (Å²) in [6.07, 6.45) is 7.32. The van der Waals surface area contributed by atoms with E-state index in [1.807, 2.05) is 0 Å². The van der Waals surface area contributed by atoms with Crippen LogP contribution in [-0.4, -0.2) is 5.88 Å². The van der Waals surface area contributed by atoms with Crippen molar-refractivity contribution in [3.63, 3.8) is 0 Å². The summed E-state index contributed by atoms with van der Waals surface area (Å²) in [6, 6.07) is 0. The molecular weight excluding hydrogens is 179 g/mol. The zero-order chi connectivity index (χ0) is 8.10. The highest BCUT2D eigenvalue weighted by atomic mass is 35.5. The van der Waals surface area contributed by atoms with Gasteiger partial charge in [-0.3, -0.25) is 0 Å². The summed E-state index contributed by atoms with van der Waals surface area (Å²) in [7, 11) is 0. The largest absolute Gasteiger partial charge is 0.122 e. The molecule has 0 aromatic rings. The molecule has 0 saturated carbocycles. The molecule has 0 aromatic carbocycles. The molecule has 11 heavy (non-hydrogen) atoms. The van der Waals surface area contributed by atoms with Crippen LogP contribution in [0.2, 0.25) is 0 Å². The molecule has 1 rings (SSSR count). The van der Waals surface area contributed by atoms with E-state index in [0.29, 0.717) is 5.88 Å². The zero-order valence-corrected chi connectivity index (χ0v) is 8.22. The standard InChI is InChI=1S/C9H14Cl2/c10-7-8-5-3-1-2-4-6-9(8)11/h1-7H2. The average Bonchev–Trinajstić information content (AvgIpc) is 1.98. The third kappa shape index (κ3) is 3.04. The molecule has 0 aliphatic heterocycles. The molecular formula is C9H14Cl2. The smallest absolute Gasteiger partial charge is 0.0447 e. The monoisotopic (exact) mass is 192 g/mol. The minimum absolute atomic E-state index is 0.624. The molecule has 0 heterocycles. The quantitative estimate of drug-likeness (QED) is 0.550. The Morgan fingerprint density at radius 1 is 1.00 bits per heavy atom. The second-order valence-corrected chi connectivity index (χ2v) is 3.78. The van der Waals surface area contributed by atoms with Crippen LogP contribution in [0.15, 0.2) is 10.6 Å². The van der Waals surface area contributed by atoms with Gasteiger partial charge >= 0.3 is 0 Å². The maximum absolute atomic E-state index is 6.05. The Kier molecular flexibility index (Phi) is 4.32. The third-order valence-electron chi connectivity index (χ3n) is 2.17. The van der Waals surface area contributed by atoms with E-state index in [1.54, 1.807) is 0 Å². The predicted molar refractivity (Wildman–Crippen MR) is 51.3 cm³/mol. The molecule has 64 valence electrons. The van der Waals surface area contributed by atoms with E-state index in [4.69, 9.17) is 23.2 Å². The molecule has 0 atom stereocenters. The molecule has 0 bridgehead atoms. The number of hydrogen-bond acceptors (Lipinski definition) is 0. The summed E-state index contributed by atoms with van der Waals surface area (Å²) in [5.41, 5.74) is 1.27. The summed E-state index contributed by atoms with van der Waals surface area (Å²) < 4.78 is 0. The minimum Gasteiger partial charge on any atom is -0.122 e. The first kappa shape index (κ1) is 9.41. The second-order valence-electron chi connectivity index (χ2n) is 3.06. The highest BCUT2D eigenvalue weighted by molar-refractivity contribution is 6.31. The Morgan fingerprint density at radius 2 is 1.64 bits per heavy atom. The van der Waals surface area contributed by atoms with Crippen molar-refractivity contribution < 1.29 is 0 Å². The highest BCUT2D eigenvalue weighted by Crippen LogP contribution is 2.26. The van der Waals surface area contributed by atoms with Gasteiger partial charge in [-0.15, -0.1) is 11.6 Å². The van der Waals surface area contributed by atoms with Gasteiger partial charge in [0.2, 0.25) is 0 Å². The van der Waals surface area contributed by atoms with Crippen LogP contribution in [0.25, 0.3) is 0 Å². The molecule has 2 heteroatoms. The third-order valence-corrected chi connectivity index (χ3v) is 2.95. The molecule has 0 unspecified atom stereocenters. The van der Waals surface area contributed by atoms with E-state index in [2.05, 4.69) is 0 Å². The topological polar surface area (TPSA) is 0 Å². The van der Waals surface area contributed by atoms with Gasteiger partial charge in [0.15, 0.2) is 0 Å². The van der Waals surface area contributed by atoms with Gasteiger partial charge in [-0.05, 0) is 31.3 Å². The average molecular weight is 193 g/mol. The Morgan fingerprint density at radius 3 is 2.27 bits per heavy atom.